The Morgan fingerprint density at radius 3 is 2.59 bits per heavy atom. The molecule has 2 N–H and O–H groups in total. The van der Waals surface area contributed by atoms with Crippen LogP contribution in [0.15, 0.2) is 18.6 Å². The van der Waals surface area contributed by atoms with Gasteiger partial charge < -0.3 is 15.1 Å². The maximum atomic E-state index is 7.22. The van der Waals surface area contributed by atoms with Crippen molar-refractivity contribution in [1.29, 1.82) is 5.41 Å². The molecule has 0 spiro atoms. The van der Waals surface area contributed by atoms with Gasteiger partial charge in [-0.3, -0.25) is 0 Å². The fourth-order valence-corrected chi connectivity index (χ4v) is 1.16. The largest absolute Gasteiger partial charge is 0.385 e. The quantitative estimate of drug-likeness (QED) is 0.609. The molecule has 0 unspecified atom stereocenters. The SMILES string of the molecule is CC(=N)/C=C(\C)c1cnc[nH]1.CCCCOC. The number of ether oxygens (including phenoxy) is 1. The Labute approximate surface area is 104 Å². The number of H-pyrrole nitrogens is 1. The van der Waals surface area contributed by atoms with E-state index in [2.05, 4.69) is 16.9 Å². The van der Waals surface area contributed by atoms with Gasteiger partial charge in [0.15, 0.2) is 0 Å². The summed E-state index contributed by atoms with van der Waals surface area (Å²) in [6.07, 6.45) is 7.60. The molecule has 0 aliphatic carbocycles. The first-order valence-electron chi connectivity index (χ1n) is 5.83. The maximum Gasteiger partial charge on any atom is 0.0924 e. The van der Waals surface area contributed by atoms with Crippen molar-refractivity contribution in [3.63, 3.8) is 0 Å². The van der Waals surface area contributed by atoms with Crippen molar-refractivity contribution in [2.24, 2.45) is 0 Å². The zero-order valence-electron chi connectivity index (χ0n) is 11.2. The van der Waals surface area contributed by atoms with Crippen LogP contribution >= 0.6 is 0 Å². The van der Waals surface area contributed by atoms with E-state index in [0.717, 1.165) is 17.9 Å². The number of aromatic amines is 1. The van der Waals surface area contributed by atoms with Crippen molar-refractivity contribution in [3.05, 3.63) is 24.3 Å². The van der Waals surface area contributed by atoms with Crippen LogP contribution in [0.3, 0.4) is 0 Å². The van der Waals surface area contributed by atoms with Gasteiger partial charge in [0.1, 0.15) is 0 Å². The Morgan fingerprint density at radius 1 is 1.53 bits per heavy atom. The van der Waals surface area contributed by atoms with Gasteiger partial charge in [-0.2, -0.15) is 0 Å². The molecule has 0 amide bonds. The molecule has 0 fully saturated rings. The number of unbranched alkanes of at least 4 members (excludes halogenated alkanes) is 1. The summed E-state index contributed by atoms with van der Waals surface area (Å²) in [4.78, 5) is 6.85. The summed E-state index contributed by atoms with van der Waals surface area (Å²) in [5, 5.41) is 7.22. The van der Waals surface area contributed by atoms with Crippen LogP contribution < -0.4 is 0 Å². The normalized spacial score (nSPS) is 10.7. The minimum Gasteiger partial charge on any atom is -0.385 e. The third-order valence-corrected chi connectivity index (χ3v) is 2.06. The van der Waals surface area contributed by atoms with Gasteiger partial charge >= 0.3 is 0 Å². The molecule has 96 valence electrons. The van der Waals surface area contributed by atoms with Crippen molar-refractivity contribution < 1.29 is 4.74 Å². The fourth-order valence-electron chi connectivity index (χ4n) is 1.16. The zero-order chi connectivity index (χ0) is 13.1. The van der Waals surface area contributed by atoms with Gasteiger partial charge in [0.05, 0.1) is 18.2 Å². The Bertz CT molecular complexity index is 324. The lowest BCUT2D eigenvalue weighted by Crippen LogP contribution is -1.84. The molecule has 17 heavy (non-hydrogen) atoms. The van der Waals surface area contributed by atoms with Gasteiger partial charge in [0.2, 0.25) is 0 Å². The predicted molar refractivity (Wildman–Crippen MR) is 72.4 cm³/mol. The van der Waals surface area contributed by atoms with E-state index in [1.165, 1.54) is 12.8 Å². The zero-order valence-corrected chi connectivity index (χ0v) is 11.2. The van der Waals surface area contributed by atoms with Gasteiger partial charge in [-0.15, -0.1) is 0 Å². The third-order valence-electron chi connectivity index (χ3n) is 2.06. The Morgan fingerprint density at radius 2 is 2.24 bits per heavy atom. The first kappa shape index (κ1) is 15.6. The lowest BCUT2D eigenvalue weighted by molar-refractivity contribution is 0.194. The molecule has 0 aliphatic heterocycles. The van der Waals surface area contributed by atoms with Gasteiger partial charge in [0, 0.05) is 19.4 Å². The molecule has 0 aromatic carbocycles. The van der Waals surface area contributed by atoms with Crippen molar-refractivity contribution >= 4 is 11.3 Å². The summed E-state index contributed by atoms with van der Waals surface area (Å²) in [7, 11) is 1.73. The van der Waals surface area contributed by atoms with E-state index >= 15 is 0 Å². The lowest BCUT2D eigenvalue weighted by atomic mass is 10.2. The first-order chi connectivity index (χ1) is 8.11. The van der Waals surface area contributed by atoms with Crippen LogP contribution in [0.5, 0.6) is 0 Å². The number of methoxy groups -OCH3 is 1. The second kappa shape index (κ2) is 9.78. The van der Waals surface area contributed by atoms with Crippen LogP contribution in [0.2, 0.25) is 0 Å². The van der Waals surface area contributed by atoms with E-state index in [-0.39, 0.29) is 0 Å². The molecular weight excluding hydrogens is 214 g/mol. The van der Waals surface area contributed by atoms with Crippen molar-refractivity contribution in [3.8, 4) is 0 Å². The molecule has 0 atom stereocenters. The van der Waals surface area contributed by atoms with Crippen LogP contribution in [0.4, 0.5) is 0 Å². The number of nitrogens with one attached hydrogen (secondary N) is 2. The molecule has 1 heterocycles. The monoisotopic (exact) mass is 237 g/mol. The number of imidazole rings is 1. The Kier molecular flexibility index (Phi) is 8.96. The number of rotatable bonds is 5. The molecule has 0 radical (unpaired) electrons. The van der Waals surface area contributed by atoms with Gasteiger partial charge in [-0.05, 0) is 31.9 Å². The predicted octanol–water partition coefficient (Wildman–Crippen LogP) is 3.29. The molecular formula is C13H23N3O. The third kappa shape index (κ3) is 8.39. The highest BCUT2D eigenvalue weighted by molar-refractivity contribution is 5.96. The fraction of sp³-hybridized carbons (Fsp3) is 0.538. The lowest BCUT2D eigenvalue weighted by Gasteiger charge is -1.94. The number of hydrogen-bond donors (Lipinski definition) is 2. The summed E-state index contributed by atoms with van der Waals surface area (Å²) < 4.78 is 4.78. The van der Waals surface area contributed by atoms with Crippen molar-refractivity contribution in [2.45, 2.75) is 33.6 Å². The number of aromatic nitrogens is 2. The second-order valence-electron chi connectivity index (χ2n) is 3.82. The topological polar surface area (TPSA) is 61.8 Å². The minimum atomic E-state index is 0.553. The molecule has 1 aromatic heterocycles. The average Bonchev–Trinajstić information content (AvgIpc) is 2.79. The van der Waals surface area contributed by atoms with Crippen molar-refractivity contribution in [1.82, 2.24) is 9.97 Å². The highest BCUT2D eigenvalue weighted by atomic mass is 16.5. The number of nitrogens with zero attached hydrogens (tertiary/aromatic N) is 1. The van der Waals surface area contributed by atoms with E-state index in [4.69, 9.17) is 10.1 Å². The summed E-state index contributed by atoms with van der Waals surface area (Å²) in [5.41, 5.74) is 2.56. The highest BCUT2D eigenvalue weighted by Crippen LogP contribution is 2.08. The van der Waals surface area contributed by atoms with Gasteiger partial charge in [-0.25, -0.2) is 4.98 Å². The average molecular weight is 237 g/mol. The van der Waals surface area contributed by atoms with E-state index in [0.29, 0.717) is 5.71 Å². The summed E-state index contributed by atoms with van der Waals surface area (Å²) in [5.74, 6) is 0. The molecule has 1 aromatic rings. The van der Waals surface area contributed by atoms with Crippen LogP contribution in [-0.2, 0) is 4.74 Å². The number of allylic oxidation sites excluding steroid dienone is 2. The Hall–Kier alpha value is -1.42. The van der Waals surface area contributed by atoms with E-state index < -0.39 is 0 Å². The van der Waals surface area contributed by atoms with Crippen molar-refractivity contribution in [2.75, 3.05) is 13.7 Å². The summed E-state index contributed by atoms with van der Waals surface area (Å²) >= 11 is 0. The minimum absolute atomic E-state index is 0.553. The molecule has 0 bridgehead atoms. The summed E-state index contributed by atoms with van der Waals surface area (Å²) in [6, 6.07) is 0. The second-order valence-corrected chi connectivity index (χ2v) is 3.82. The molecule has 4 nitrogen and oxygen atoms in total. The highest BCUT2D eigenvalue weighted by Gasteiger charge is 1.94. The smallest absolute Gasteiger partial charge is 0.0924 e. The van der Waals surface area contributed by atoms with Crippen LogP contribution in [0.25, 0.3) is 5.57 Å². The van der Waals surface area contributed by atoms with Crippen LogP contribution in [0, 0.1) is 5.41 Å². The van der Waals surface area contributed by atoms with Crippen LogP contribution in [-0.4, -0.2) is 29.4 Å². The van der Waals surface area contributed by atoms with Crippen LogP contribution in [0.1, 0.15) is 39.3 Å². The standard InChI is InChI=1S/C8H11N3.C5H12O/c1-6(3-7(2)9)8-4-10-5-11-8;1-3-4-5-6-2/h3-5,9H,1-2H3,(H,10,11);3-5H2,1-2H3/b6-3+,9-7?;. The van der Waals surface area contributed by atoms with E-state index in [1.54, 1.807) is 32.6 Å². The number of hydrogen-bond acceptors (Lipinski definition) is 3. The molecule has 0 saturated carbocycles. The first-order valence-corrected chi connectivity index (χ1v) is 5.83. The molecule has 4 heteroatoms. The van der Waals surface area contributed by atoms with Gasteiger partial charge in [0.25, 0.3) is 0 Å². The molecule has 0 saturated heterocycles. The van der Waals surface area contributed by atoms with E-state index in [1.807, 2.05) is 6.92 Å². The van der Waals surface area contributed by atoms with E-state index in [9.17, 15) is 0 Å². The summed E-state index contributed by atoms with van der Waals surface area (Å²) in [6.45, 7) is 6.76. The molecule has 1 rings (SSSR count). The Balaban J connectivity index is 0.000000366. The van der Waals surface area contributed by atoms with Gasteiger partial charge in [-0.1, -0.05) is 13.3 Å². The molecule has 0 aliphatic rings. The maximum absolute atomic E-state index is 7.22.